The standard InChI is InChI=1S/C23H22F2N4/c24-17-8-6-16(7-9-17)21-22(18-10-11-26-23-20(18)19(25)12-27-23)29(14-28-21)13-15-4-2-1-3-5-15/h6-12,14-15H,1-5,13H2,(H,26,27). The smallest absolute Gasteiger partial charge is 0.150 e. The molecule has 29 heavy (non-hydrogen) atoms. The van der Waals surface area contributed by atoms with E-state index in [9.17, 15) is 8.78 Å². The lowest BCUT2D eigenvalue weighted by atomic mass is 9.89. The van der Waals surface area contributed by atoms with Gasteiger partial charge in [0.2, 0.25) is 0 Å². The summed E-state index contributed by atoms with van der Waals surface area (Å²) in [5.41, 5.74) is 3.66. The first kappa shape index (κ1) is 18.0. The predicted octanol–water partition coefficient (Wildman–Crippen LogP) is 5.95. The highest BCUT2D eigenvalue weighted by molar-refractivity contribution is 5.96. The number of aromatic amines is 1. The van der Waals surface area contributed by atoms with Crippen molar-refractivity contribution in [1.82, 2.24) is 19.5 Å². The Bertz CT molecular complexity index is 1140. The number of pyridine rings is 1. The van der Waals surface area contributed by atoms with Gasteiger partial charge in [-0.1, -0.05) is 19.3 Å². The second-order valence-corrected chi connectivity index (χ2v) is 7.82. The largest absolute Gasteiger partial charge is 0.343 e. The minimum atomic E-state index is -0.335. The van der Waals surface area contributed by atoms with Crippen molar-refractivity contribution < 1.29 is 8.78 Å². The van der Waals surface area contributed by atoms with Crippen molar-refractivity contribution in [2.45, 2.75) is 38.6 Å². The number of rotatable bonds is 4. The molecule has 3 aromatic heterocycles. The fraction of sp³-hybridized carbons (Fsp3) is 0.304. The molecule has 1 N–H and O–H groups in total. The van der Waals surface area contributed by atoms with Gasteiger partial charge in [0, 0.05) is 30.1 Å². The molecule has 0 saturated heterocycles. The van der Waals surface area contributed by atoms with Crippen molar-refractivity contribution >= 4 is 11.0 Å². The third kappa shape index (κ3) is 3.33. The molecule has 1 aromatic carbocycles. The molecular formula is C23H22F2N4. The van der Waals surface area contributed by atoms with Crippen molar-refractivity contribution in [2.24, 2.45) is 5.92 Å². The second kappa shape index (κ2) is 7.43. The van der Waals surface area contributed by atoms with Crippen molar-refractivity contribution in [3.8, 4) is 22.5 Å². The number of hydrogen-bond acceptors (Lipinski definition) is 2. The van der Waals surface area contributed by atoms with Crippen molar-refractivity contribution in [2.75, 3.05) is 0 Å². The van der Waals surface area contributed by atoms with Crippen LogP contribution in [0.3, 0.4) is 0 Å². The van der Waals surface area contributed by atoms with E-state index in [2.05, 4.69) is 19.5 Å². The van der Waals surface area contributed by atoms with Gasteiger partial charge in [0.1, 0.15) is 11.5 Å². The van der Waals surface area contributed by atoms with Gasteiger partial charge in [-0.15, -0.1) is 0 Å². The van der Waals surface area contributed by atoms with Gasteiger partial charge in [-0.3, -0.25) is 0 Å². The highest BCUT2D eigenvalue weighted by Gasteiger charge is 2.22. The summed E-state index contributed by atoms with van der Waals surface area (Å²) in [5.74, 6) is -0.0374. The van der Waals surface area contributed by atoms with Gasteiger partial charge in [-0.05, 0) is 49.1 Å². The van der Waals surface area contributed by atoms with E-state index in [-0.39, 0.29) is 11.6 Å². The number of imidazole rings is 1. The number of benzene rings is 1. The van der Waals surface area contributed by atoms with E-state index in [0.29, 0.717) is 17.0 Å². The molecule has 6 heteroatoms. The number of aromatic nitrogens is 4. The lowest BCUT2D eigenvalue weighted by Gasteiger charge is -2.23. The van der Waals surface area contributed by atoms with Gasteiger partial charge in [-0.2, -0.15) is 0 Å². The van der Waals surface area contributed by atoms with E-state index >= 15 is 0 Å². The van der Waals surface area contributed by atoms with Crippen LogP contribution >= 0.6 is 0 Å². The summed E-state index contributed by atoms with van der Waals surface area (Å²) in [4.78, 5) is 11.8. The molecule has 3 heterocycles. The Balaban J connectivity index is 1.68. The Hall–Kier alpha value is -3.02. The Kier molecular flexibility index (Phi) is 4.62. The van der Waals surface area contributed by atoms with Crippen LogP contribution in [0.1, 0.15) is 32.1 Å². The van der Waals surface area contributed by atoms with Crippen LogP contribution in [0.15, 0.2) is 49.1 Å². The second-order valence-electron chi connectivity index (χ2n) is 7.82. The number of nitrogens with zero attached hydrogens (tertiary/aromatic N) is 3. The highest BCUT2D eigenvalue weighted by atomic mass is 19.1. The molecule has 4 nitrogen and oxygen atoms in total. The zero-order valence-electron chi connectivity index (χ0n) is 16.0. The van der Waals surface area contributed by atoms with Crippen LogP contribution in [0.25, 0.3) is 33.5 Å². The minimum absolute atomic E-state index is 0.292. The van der Waals surface area contributed by atoms with Crippen LogP contribution in [-0.2, 0) is 6.54 Å². The number of nitrogens with one attached hydrogen (secondary N) is 1. The van der Waals surface area contributed by atoms with Crippen molar-refractivity contribution in [3.63, 3.8) is 0 Å². The van der Waals surface area contributed by atoms with Crippen LogP contribution in [-0.4, -0.2) is 19.5 Å². The molecule has 1 aliphatic carbocycles. The molecule has 1 saturated carbocycles. The predicted molar refractivity (Wildman–Crippen MR) is 109 cm³/mol. The molecule has 0 bridgehead atoms. The molecule has 1 fully saturated rings. The van der Waals surface area contributed by atoms with Crippen molar-refractivity contribution in [3.05, 3.63) is 60.7 Å². The first-order valence-electron chi connectivity index (χ1n) is 10.1. The maximum atomic E-state index is 14.6. The normalized spacial score (nSPS) is 15.2. The van der Waals surface area contributed by atoms with Gasteiger partial charge >= 0.3 is 0 Å². The third-order valence-electron chi connectivity index (χ3n) is 5.92. The zero-order chi connectivity index (χ0) is 19.8. The van der Waals surface area contributed by atoms with E-state index < -0.39 is 0 Å². The molecule has 148 valence electrons. The first-order valence-corrected chi connectivity index (χ1v) is 10.1. The minimum Gasteiger partial charge on any atom is -0.343 e. The summed E-state index contributed by atoms with van der Waals surface area (Å²) in [6, 6.07) is 8.13. The molecule has 0 radical (unpaired) electrons. The Morgan fingerprint density at radius 3 is 2.59 bits per heavy atom. The van der Waals surface area contributed by atoms with E-state index in [1.807, 2.05) is 12.4 Å². The van der Waals surface area contributed by atoms with E-state index in [1.165, 1.54) is 50.4 Å². The topological polar surface area (TPSA) is 46.5 Å². The van der Waals surface area contributed by atoms with Gasteiger partial charge in [0.25, 0.3) is 0 Å². The Labute approximate surface area is 167 Å². The van der Waals surface area contributed by atoms with E-state index in [4.69, 9.17) is 0 Å². The number of halogens is 2. The fourth-order valence-electron chi connectivity index (χ4n) is 4.48. The van der Waals surface area contributed by atoms with E-state index in [0.717, 1.165) is 29.1 Å². The summed E-state index contributed by atoms with van der Waals surface area (Å²) in [6.45, 7) is 0.847. The monoisotopic (exact) mass is 392 g/mol. The first-order chi connectivity index (χ1) is 14.2. The molecule has 0 amide bonds. The van der Waals surface area contributed by atoms with Crippen LogP contribution in [0.5, 0.6) is 0 Å². The molecule has 0 atom stereocenters. The maximum absolute atomic E-state index is 14.6. The lowest BCUT2D eigenvalue weighted by Crippen LogP contribution is -2.14. The van der Waals surface area contributed by atoms with Crippen molar-refractivity contribution in [1.29, 1.82) is 0 Å². The molecule has 4 aromatic rings. The summed E-state index contributed by atoms with van der Waals surface area (Å²) >= 11 is 0. The third-order valence-corrected chi connectivity index (χ3v) is 5.92. The molecule has 0 spiro atoms. The Morgan fingerprint density at radius 2 is 1.79 bits per heavy atom. The number of H-pyrrole nitrogens is 1. The van der Waals surface area contributed by atoms with Crippen LogP contribution in [0.2, 0.25) is 0 Å². The van der Waals surface area contributed by atoms with Crippen LogP contribution in [0, 0.1) is 17.6 Å². The number of hydrogen-bond donors (Lipinski definition) is 1. The van der Waals surface area contributed by atoms with Gasteiger partial charge < -0.3 is 9.55 Å². The Morgan fingerprint density at radius 1 is 1.00 bits per heavy atom. The quantitative estimate of drug-likeness (QED) is 0.466. The lowest BCUT2D eigenvalue weighted by molar-refractivity contribution is 0.320. The molecule has 0 aliphatic heterocycles. The van der Waals surface area contributed by atoms with Crippen LogP contribution in [0.4, 0.5) is 8.78 Å². The summed E-state index contributed by atoms with van der Waals surface area (Å²) in [6.07, 6.45) is 11.1. The number of fused-ring (bicyclic) bond motifs is 1. The maximum Gasteiger partial charge on any atom is 0.150 e. The van der Waals surface area contributed by atoms with E-state index in [1.54, 1.807) is 18.3 Å². The average Bonchev–Trinajstić information content (AvgIpc) is 3.33. The molecule has 1 aliphatic rings. The van der Waals surface area contributed by atoms with Gasteiger partial charge in [-0.25, -0.2) is 18.7 Å². The highest BCUT2D eigenvalue weighted by Crippen LogP contribution is 2.37. The summed E-state index contributed by atoms with van der Waals surface area (Å²) < 4.78 is 30.2. The van der Waals surface area contributed by atoms with Gasteiger partial charge in [0.15, 0.2) is 5.82 Å². The van der Waals surface area contributed by atoms with Gasteiger partial charge in [0.05, 0.1) is 23.1 Å². The molecule has 0 unspecified atom stereocenters. The summed E-state index contributed by atoms with van der Waals surface area (Å²) in [5, 5.41) is 0.459. The fourth-order valence-corrected chi connectivity index (χ4v) is 4.48. The SMILES string of the molecule is Fc1ccc(-c2ncn(CC3CCCCC3)c2-c2ccnc3[nH]cc(F)c23)cc1. The average molecular weight is 392 g/mol. The molecule has 5 rings (SSSR count). The summed E-state index contributed by atoms with van der Waals surface area (Å²) in [7, 11) is 0. The zero-order valence-corrected chi connectivity index (χ0v) is 16.0. The molecular weight excluding hydrogens is 370 g/mol. The van der Waals surface area contributed by atoms with Crippen LogP contribution < -0.4 is 0 Å².